The van der Waals surface area contributed by atoms with Gasteiger partial charge in [-0.05, 0) is 24.3 Å². The van der Waals surface area contributed by atoms with Crippen LogP contribution >= 0.6 is 0 Å². The monoisotopic (exact) mass is 321 g/mol. The Morgan fingerprint density at radius 2 is 1.77 bits per heavy atom. The van der Waals surface area contributed by atoms with Gasteiger partial charge in [0.15, 0.2) is 14.6 Å². The topological polar surface area (TPSA) is 92.7 Å². The van der Waals surface area contributed by atoms with Gasteiger partial charge < -0.3 is 4.74 Å². The van der Waals surface area contributed by atoms with Crippen LogP contribution in [0.25, 0.3) is 0 Å². The highest BCUT2D eigenvalue weighted by Crippen LogP contribution is 2.33. The number of hydrogen-bond acceptors (Lipinski definition) is 5. The van der Waals surface area contributed by atoms with Gasteiger partial charge in [0.1, 0.15) is 5.75 Å². The fourth-order valence-electron chi connectivity index (χ4n) is 1.95. The van der Waals surface area contributed by atoms with Gasteiger partial charge in [-0.2, -0.15) is 0 Å². The maximum Gasteiger partial charge on any atom is 0.267 e. The van der Waals surface area contributed by atoms with E-state index >= 15 is 0 Å². The molecule has 0 saturated heterocycles. The number of carbonyl (C=O) groups is 1. The standard InChI is InChI=1S/C15H15NO5S/c1-4-10-15(11-5-2,14(17)16-18)22(19,20)13-8-6-12(21-3)7-9-13/h1-2,6-9,18H,10-11H2,3H3,(H,16,17). The van der Waals surface area contributed by atoms with Crippen LogP contribution in [0.2, 0.25) is 0 Å². The predicted molar refractivity (Wildman–Crippen MR) is 79.7 cm³/mol. The van der Waals surface area contributed by atoms with E-state index in [4.69, 9.17) is 22.8 Å². The van der Waals surface area contributed by atoms with E-state index in [0.29, 0.717) is 5.75 Å². The summed E-state index contributed by atoms with van der Waals surface area (Å²) in [5, 5.41) is 8.89. The number of carbonyl (C=O) groups excluding carboxylic acids is 1. The van der Waals surface area contributed by atoms with Crippen LogP contribution in [0.1, 0.15) is 12.8 Å². The molecule has 1 amide bonds. The highest BCUT2D eigenvalue weighted by Gasteiger charge is 2.50. The Hall–Kier alpha value is -2.48. The Kier molecular flexibility index (Phi) is 5.58. The van der Waals surface area contributed by atoms with Crippen molar-refractivity contribution < 1.29 is 23.2 Å². The van der Waals surface area contributed by atoms with Crippen molar-refractivity contribution in [2.45, 2.75) is 22.5 Å². The summed E-state index contributed by atoms with van der Waals surface area (Å²) in [6.07, 6.45) is 9.44. The molecule has 0 aliphatic rings. The number of methoxy groups -OCH3 is 1. The molecule has 0 unspecified atom stereocenters. The molecule has 116 valence electrons. The summed E-state index contributed by atoms with van der Waals surface area (Å²) in [7, 11) is -2.80. The molecule has 0 fully saturated rings. The summed E-state index contributed by atoms with van der Waals surface area (Å²) in [6, 6.07) is 5.42. The number of terminal acetylenes is 2. The fraction of sp³-hybridized carbons (Fsp3) is 0.267. The average Bonchev–Trinajstić information content (AvgIpc) is 2.53. The van der Waals surface area contributed by atoms with Gasteiger partial charge in [-0.15, -0.1) is 24.7 Å². The molecule has 1 aromatic carbocycles. The molecule has 0 bridgehead atoms. The van der Waals surface area contributed by atoms with Gasteiger partial charge in [0.25, 0.3) is 5.91 Å². The SMILES string of the molecule is C#CCC(CC#C)(C(=O)NO)S(=O)(=O)c1ccc(OC)cc1. The summed E-state index contributed by atoms with van der Waals surface area (Å²) in [6.45, 7) is 0. The van der Waals surface area contributed by atoms with Crippen molar-refractivity contribution >= 4 is 15.7 Å². The maximum atomic E-state index is 12.8. The quantitative estimate of drug-likeness (QED) is 0.458. The Bertz CT molecular complexity index is 707. The zero-order valence-corrected chi connectivity index (χ0v) is 12.7. The Morgan fingerprint density at radius 1 is 1.27 bits per heavy atom. The van der Waals surface area contributed by atoms with Crippen LogP contribution in [0, 0.1) is 24.7 Å². The van der Waals surface area contributed by atoms with Gasteiger partial charge in [-0.3, -0.25) is 10.0 Å². The highest BCUT2D eigenvalue weighted by atomic mass is 32.2. The van der Waals surface area contributed by atoms with Crippen molar-refractivity contribution in [1.29, 1.82) is 0 Å². The van der Waals surface area contributed by atoms with E-state index in [9.17, 15) is 13.2 Å². The van der Waals surface area contributed by atoms with E-state index in [2.05, 4.69) is 11.8 Å². The minimum atomic E-state index is -4.24. The number of ether oxygens (including phenoxy) is 1. The van der Waals surface area contributed by atoms with Crippen molar-refractivity contribution in [3.63, 3.8) is 0 Å². The lowest BCUT2D eigenvalue weighted by Gasteiger charge is -2.27. The third-order valence-corrected chi connectivity index (χ3v) is 5.57. The zero-order valence-electron chi connectivity index (χ0n) is 11.9. The first kappa shape index (κ1) is 17.6. The molecule has 2 N–H and O–H groups in total. The van der Waals surface area contributed by atoms with E-state index in [1.807, 2.05) is 0 Å². The molecular weight excluding hydrogens is 306 g/mol. The number of nitrogens with one attached hydrogen (secondary N) is 1. The van der Waals surface area contributed by atoms with Crippen molar-refractivity contribution in [3.8, 4) is 30.4 Å². The first-order chi connectivity index (χ1) is 10.4. The Balaban J connectivity index is 3.53. The summed E-state index contributed by atoms with van der Waals surface area (Å²) < 4.78 is 28.5. The molecule has 0 aliphatic carbocycles. The number of hydroxylamine groups is 1. The number of benzene rings is 1. The van der Waals surface area contributed by atoms with Crippen LogP contribution in [0.15, 0.2) is 29.2 Å². The van der Waals surface area contributed by atoms with Crippen molar-refractivity contribution in [2.75, 3.05) is 7.11 Å². The normalized spacial score (nSPS) is 11.1. The maximum absolute atomic E-state index is 12.8. The molecule has 0 aromatic heterocycles. The Morgan fingerprint density at radius 3 is 2.14 bits per heavy atom. The van der Waals surface area contributed by atoms with E-state index in [1.54, 1.807) is 0 Å². The fourth-order valence-corrected chi connectivity index (χ4v) is 3.73. The molecule has 6 nitrogen and oxygen atoms in total. The highest BCUT2D eigenvalue weighted by molar-refractivity contribution is 7.93. The first-order valence-electron chi connectivity index (χ1n) is 6.09. The molecule has 7 heteroatoms. The first-order valence-corrected chi connectivity index (χ1v) is 7.58. The lowest BCUT2D eigenvalue weighted by atomic mass is 10.0. The molecular formula is C15H15NO5S. The average molecular weight is 321 g/mol. The van der Waals surface area contributed by atoms with Crippen LogP contribution < -0.4 is 10.2 Å². The van der Waals surface area contributed by atoms with Gasteiger partial charge in [0.05, 0.1) is 12.0 Å². The van der Waals surface area contributed by atoms with Crippen LogP contribution in [0.4, 0.5) is 0 Å². The van der Waals surface area contributed by atoms with E-state index < -0.39 is 33.3 Å². The van der Waals surface area contributed by atoms with Gasteiger partial charge in [0, 0.05) is 12.8 Å². The largest absolute Gasteiger partial charge is 0.497 e. The van der Waals surface area contributed by atoms with E-state index in [1.165, 1.54) is 36.9 Å². The second kappa shape index (κ2) is 6.99. The third-order valence-electron chi connectivity index (χ3n) is 3.17. The van der Waals surface area contributed by atoms with Gasteiger partial charge in [-0.1, -0.05) is 0 Å². The Labute approximate surface area is 129 Å². The van der Waals surface area contributed by atoms with Gasteiger partial charge in [-0.25, -0.2) is 13.9 Å². The number of sulfone groups is 1. The number of rotatable bonds is 6. The minimum Gasteiger partial charge on any atom is -0.497 e. The molecule has 1 rings (SSSR count). The molecule has 0 spiro atoms. The van der Waals surface area contributed by atoms with Crippen LogP contribution in [-0.4, -0.2) is 31.4 Å². The van der Waals surface area contributed by atoms with Crippen molar-refractivity contribution in [3.05, 3.63) is 24.3 Å². The molecule has 0 aliphatic heterocycles. The number of hydrogen-bond donors (Lipinski definition) is 2. The van der Waals surface area contributed by atoms with E-state index in [-0.39, 0.29) is 4.90 Å². The zero-order chi connectivity index (χ0) is 16.8. The summed E-state index contributed by atoms with van der Waals surface area (Å²) >= 11 is 0. The van der Waals surface area contributed by atoms with Gasteiger partial charge >= 0.3 is 0 Å². The van der Waals surface area contributed by atoms with Crippen LogP contribution in [0.3, 0.4) is 0 Å². The van der Waals surface area contributed by atoms with E-state index in [0.717, 1.165) is 0 Å². The van der Waals surface area contributed by atoms with Crippen molar-refractivity contribution in [2.24, 2.45) is 0 Å². The second-order valence-corrected chi connectivity index (χ2v) is 6.64. The molecule has 1 aromatic rings. The lowest BCUT2D eigenvalue weighted by molar-refractivity contribution is -0.131. The lowest BCUT2D eigenvalue weighted by Crippen LogP contribution is -2.51. The molecule has 22 heavy (non-hydrogen) atoms. The second-order valence-electron chi connectivity index (χ2n) is 4.38. The number of amides is 1. The van der Waals surface area contributed by atoms with Gasteiger partial charge in [0.2, 0.25) is 0 Å². The molecule has 0 heterocycles. The molecule has 0 saturated carbocycles. The third kappa shape index (κ3) is 2.91. The van der Waals surface area contributed by atoms with Crippen LogP contribution in [0.5, 0.6) is 5.75 Å². The smallest absolute Gasteiger partial charge is 0.267 e. The van der Waals surface area contributed by atoms with Crippen molar-refractivity contribution in [1.82, 2.24) is 5.48 Å². The minimum absolute atomic E-state index is 0.151. The predicted octanol–water partition coefficient (Wildman–Crippen LogP) is 0.760. The summed E-state index contributed by atoms with van der Waals surface area (Å²) in [5.41, 5.74) is 1.34. The summed E-state index contributed by atoms with van der Waals surface area (Å²) in [4.78, 5) is 11.9. The summed E-state index contributed by atoms with van der Waals surface area (Å²) in [5.74, 6) is 3.55. The molecule has 0 radical (unpaired) electrons. The van der Waals surface area contributed by atoms with Crippen LogP contribution in [-0.2, 0) is 14.6 Å². The molecule has 0 atom stereocenters.